The summed E-state index contributed by atoms with van der Waals surface area (Å²) in [5, 5.41) is 8.86. The van der Waals surface area contributed by atoms with Gasteiger partial charge in [-0.25, -0.2) is 8.78 Å². The molecule has 1 aliphatic rings. The normalized spacial score (nSPS) is 16.3. The molecule has 2 atom stereocenters. The van der Waals surface area contributed by atoms with E-state index < -0.39 is 29.5 Å². The molecule has 1 heterocycles. The van der Waals surface area contributed by atoms with Crippen LogP contribution in [0, 0.1) is 11.6 Å². The molecule has 0 saturated carbocycles. The molecule has 1 aliphatic heterocycles. The number of benzene rings is 3. The van der Waals surface area contributed by atoms with Crippen LogP contribution in [-0.2, 0) is 11.2 Å². The Balaban J connectivity index is 1.56. The lowest BCUT2D eigenvalue weighted by Gasteiger charge is -2.35. The molecule has 8 heteroatoms. The monoisotopic (exact) mass is 492 g/mol. The minimum atomic E-state index is -0.963. The van der Waals surface area contributed by atoms with Gasteiger partial charge in [-0.15, -0.1) is 0 Å². The van der Waals surface area contributed by atoms with Crippen molar-refractivity contribution in [2.24, 2.45) is 0 Å². The second kappa shape index (κ2) is 11.8. The van der Waals surface area contributed by atoms with Crippen molar-refractivity contribution in [3.63, 3.8) is 0 Å². The number of amides is 2. The number of anilines is 2. The molecule has 0 aliphatic carbocycles. The van der Waals surface area contributed by atoms with Crippen LogP contribution in [0.15, 0.2) is 72.8 Å². The van der Waals surface area contributed by atoms with Crippen LogP contribution < -0.4 is 20.9 Å². The third-order valence-corrected chi connectivity index (χ3v) is 6.23. The van der Waals surface area contributed by atoms with Crippen LogP contribution in [0.1, 0.15) is 29.3 Å². The van der Waals surface area contributed by atoms with E-state index in [-0.39, 0.29) is 18.0 Å². The minimum absolute atomic E-state index is 0.142. The van der Waals surface area contributed by atoms with Crippen LogP contribution in [0.3, 0.4) is 0 Å². The molecule has 0 spiro atoms. The van der Waals surface area contributed by atoms with Crippen molar-refractivity contribution in [2.75, 3.05) is 29.9 Å². The molecule has 6 nitrogen and oxygen atoms in total. The molecule has 0 bridgehead atoms. The lowest BCUT2D eigenvalue weighted by molar-refractivity contribution is -0.118. The first-order valence-corrected chi connectivity index (χ1v) is 12.1. The lowest BCUT2D eigenvalue weighted by atomic mass is 10.0. The molecule has 4 rings (SSSR count). The average Bonchev–Trinajstić information content (AvgIpc) is 2.87. The average molecular weight is 493 g/mol. The largest absolute Gasteiger partial charge is 0.367 e. The zero-order valence-corrected chi connectivity index (χ0v) is 20.1. The predicted octanol–water partition coefficient (Wildman–Crippen LogP) is 4.13. The number of hydrogen-bond donors (Lipinski definition) is 3. The predicted molar refractivity (Wildman–Crippen MR) is 137 cm³/mol. The summed E-state index contributed by atoms with van der Waals surface area (Å²) in [4.78, 5) is 28.4. The summed E-state index contributed by atoms with van der Waals surface area (Å²) in [5.41, 5.74) is 1.90. The number of carbonyl (C=O) groups is 2. The van der Waals surface area contributed by atoms with Gasteiger partial charge in [0.05, 0.1) is 16.9 Å². The van der Waals surface area contributed by atoms with Crippen LogP contribution in [0.25, 0.3) is 0 Å². The van der Waals surface area contributed by atoms with E-state index in [1.165, 1.54) is 30.3 Å². The Kier molecular flexibility index (Phi) is 8.28. The van der Waals surface area contributed by atoms with Gasteiger partial charge in [-0.1, -0.05) is 42.5 Å². The van der Waals surface area contributed by atoms with Gasteiger partial charge in [0.15, 0.2) is 0 Å². The highest BCUT2D eigenvalue weighted by molar-refractivity contribution is 6.02. The first-order chi connectivity index (χ1) is 17.4. The Morgan fingerprint density at radius 1 is 1.06 bits per heavy atom. The number of carbonyl (C=O) groups excluding carboxylic acids is 2. The van der Waals surface area contributed by atoms with Crippen molar-refractivity contribution < 1.29 is 18.4 Å². The minimum Gasteiger partial charge on any atom is -0.367 e. The third-order valence-electron chi connectivity index (χ3n) is 6.23. The number of hydrogen-bond acceptors (Lipinski definition) is 4. The highest BCUT2D eigenvalue weighted by atomic mass is 19.1. The number of halogens is 2. The molecule has 1 fully saturated rings. The molecule has 2 unspecified atom stereocenters. The molecule has 36 heavy (non-hydrogen) atoms. The Morgan fingerprint density at radius 3 is 2.56 bits per heavy atom. The van der Waals surface area contributed by atoms with Crippen LogP contribution in [0.5, 0.6) is 0 Å². The second-order valence-electron chi connectivity index (χ2n) is 8.98. The Morgan fingerprint density at radius 2 is 1.81 bits per heavy atom. The van der Waals surface area contributed by atoms with E-state index in [0.717, 1.165) is 12.1 Å². The Bertz CT molecular complexity index is 1210. The van der Waals surface area contributed by atoms with Crippen LogP contribution >= 0.6 is 0 Å². The standard InChI is InChI=1S/C28H30F2N4O2/c1-19-18-34(16-15-31-19)26-14-12-21(29)17-25(26)33-28(36)24(13-11-20-7-3-2-4-8-20)32-27(35)22-9-5-6-10-23(22)30/h2-10,12,14,17,19,24,31H,11,13,15-16,18H2,1H3,(H,32,35)(H,33,36). The van der Waals surface area contributed by atoms with Gasteiger partial charge in [-0.2, -0.15) is 0 Å². The molecule has 3 N–H and O–H groups in total. The summed E-state index contributed by atoms with van der Waals surface area (Å²) in [6.07, 6.45) is 0.799. The van der Waals surface area contributed by atoms with Crippen LogP contribution in [0.2, 0.25) is 0 Å². The first kappa shape index (κ1) is 25.3. The maximum Gasteiger partial charge on any atom is 0.254 e. The first-order valence-electron chi connectivity index (χ1n) is 12.1. The summed E-state index contributed by atoms with van der Waals surface area (Å²) >= 11 is 0. The summed E-state index contributed by atoms with van der Waals surface area (Å²) < 4.78 is 28.4. The fourth-order valence-corrected chi connectivity index (χ4v) is 4.36. The zero-order chi connectivity index (χ0) is 25.5. The highest BCUT2D eigenvalue weighted by Crippen LogP contribution is 2.28. The maximum atomic E-state index is 14.2. The van der Waals surface area contributed by atoms with Gasteiger partial charge in [-0.05, 0) is 55.7 Å². The smallest absolute Gasteiger partial charge is 0.254 e. The van der Waals surface area contributed by atoms with Crippen molar-refractivity contribution in [3.8, 4) is 0 Å². The van der Waals surface area contributed by atoms with E-state index in [0.29, 0.717) is 30.9 Å². The van der Waals surface area contributed by atoms with Gasteiger partial charge in [0.2, 0.25) is 5.91 Å². The van der Waals surface area contributed by atoms with Crippen molar-refractivity contribution in [3.05, 3.63) is 95.6 Å². The van der Waals surface area contributed by atoms with Crippen LogP contribution in [0.4, 0.5) is 20.2 Å². The van der Waals surface area contributed by atoms with E-state index in [1.54, 1.807) is 12.1 Å². The number of nitrogens with one attached hydrogen (secondary N) is 3. The van der Waals surface area contributed by atoms with Crippen molar-refractivity contribution in [1.82, 2.24) is 10.6 Å². The maximum absolute atomic E-state index is 14.2. The number of piperazine rings is 1. The topological polar surface area (TPSA) is 73.5 Å². The van der Waals surface area contributed by atoms with Crippen molar-refractivity contribution in [2.45, 2.75) is 31.8 Å². The zero-order valence-electron chi connectivity index (χ0n) is 20.1. The quantitative estimate of drug-likeness (QED) is 0.442. The van der Waals surface area contributed by atoms with Gasteiger partial charge in [0, 0.05) is 25.7 Å². The van der Waals surface area contributed by atoms with Gasteiger partial charge in [0.25, 0.3) is 5.91 Å². The summed E-state index contributed by atoms with van der Waals surface area (Å²) in [7, 11) is 0. The third kappa shape index (κ3) is 6.46. The van der Waals surface area contributed by atoms with Gasteiger partial charge in [-0.3, -0.25) is 9.59 Å². The molecular weight excluding hydrogens is 462 g/mol. The summed E-state index contributed by atoms with van der Waals surface area (Å²) in [6, 6.07) is 18.8. The van der Waals surface area contributed by atoms with Gasteiger partial charge < -0.3 is 20.9 Å². The molecule has 2 amide bonds. The molecule has 3 aromatic carbocycles. The number of nitrogens with zero attached hydrogens (tertiary/aromatic N) is 1. The van der Waals surface area contributed by atoms with Gasteiger partial charge >= 0.3 is 0 Å². The SMILES string of the molecule is CC1CN(c2ccc(F)cc2NC(=O)C(CCc2ccccc2)NC(=O)c2ccccc2F)CCN1. The highest BCUT2D eigenvalue weighted by Gasteiger charge is 2.25. The van der Waals surface area contributed by atoms with Crippen molar-refractivity contribution in [1.29, 1.82) is 0 Å². The molecule has 3 aromatic rings. The Hall–Kier alpha value is -3.78. The molecule has 1 saturated heterocycles. The van der Waals surface area contributed by atoms with E-state index in [9.17, 15) is 18.4 Å². The number of aryl methyl sites for hydroxylation is 1. The fourth-order valence-electron chi connectivity index (χ4n) is 4.36. The Labute approximate surface area is 209 Å². The van der Waals surface area contributed by atoms with Gasteiger partial charge in [0.1, 0.15) is 17.7 Å². The number of rotatable bonds is 8. The fraction of sp³-hybridized carbons (Fsp3) is 0.286. The molecule has 0 aromatic heterocycles. The van der Waals surface area contributed by atoms with E-state index in [2.05, 4.69) is 27.8 Å². The van der Waals surface area contributed by atoms with E-state index in [4.69, 9.17) is 0 Å². The molecular formula is C28H30F2N4O2. The van der Waals surface area contributed by atoms with E-state index in [1.807, 2.05) is 30.3 Å². The summed E-state index contributed by atoms with van der Waals surface area (Å²) in [6.45, 7) is 4.24. The second-order valence-corrected chi connectivity index (χ2v) is 8.98. The summed E-state index contributed by atoms with van der Waals surface area (Å²) in [5.74, 6) is -2.33. The van der Waals surface area contributed by atoms with E-state index >= 15 is 0 Å². The van der Waals surface area contributed by atoms with Crippen molar-refractivity contribution >= 4 is 23.2 Å². The molecule has 188 valence electrons. The molecule has 0 radical (unpaired) electrons. The lowest BCUT2D eigenvalue weighted by Crippen LogP contribution is -2.49. The van der Waals surface area contributed by atoms with Crippen LogP contribution in [-0.4, -0.2) is 43.5 Å².